The van der Waals surface area contributed by atoms with Crippen LogP contribution in [0.1, 0.15) is 15.9 Å². The van der Waals surface area contributed by atoms with Gasteiger partial charge in [0.15, 0.2) is 5.78 Å². The van der Waals surface area contributed by atoms with Crippen LogP contribution >= 0.6 is 23.2 Å². The van der Waals surface area contributed by atoms with Gasteiger partial charge in [0.25, 0.3) is 0 Å². The molecule has 2 nitrogen and oxygen atoms in total. The Hall–Kier alpha value is -1.51. The first kappa shape index (κ1) is 12.9. The number of anilines is 1. The van der Waals surface area contributed by atoms with Crippen molar-refractivity contribution in [2.24, 2.45) is 0 Å². The van der Waals surface area contributed by atoms with Gasteiger partial charge in [0.1, 0.15) is 0 Å². The SMILES string of the molecule is Nc1cccc(C(=O)Cc2ccc(Cl)cc2Cl)c1. The second-order valence-corrected chi connectivity index (χ2v) is 4.80. The van der Waals surface area contributed by atoms with E-state index in [1.165, 1.54) is 0 Å². The van der Waals surface area contributed by atoms with E-state index < -0.39 is 0 Å². The number of carbonyl (C=O) groups excluding carboxylic acids is 1. The molecule has 0 aromatic heterocycles. The molecule has 0 atom stereocenters. The maximum Gasteiger partial charge on any atom is 0.167 e. The summed E-state index contributed by atoms with van der Waals surface area (Å²) in [6, 6.07) is 12.0. The number of hydrogen-bond acceptors (Lipinski definition) is 2. The molecule has 92 valence electrons. The van der Waals surface area contributed by atoms with Gasteiger partial charge in [-0.1, -0.05) is 41.4 Å². The Kier molecular flexibility index (Phi) is 3.90. The van der Waals surface area contributed by atoms with Crippen molar-refractivity contribution < 1.29 is 4.79 Å². The van der Waals surface area contributed by atoms with Crippen molar-refractivity contribution in [1.82, 2.24) is 0 Å². The van der Waals surface area contributed by atoms with E-state index in [1.54, 1.807) is 42.5 Å². The number of ketones is 1. The highest BCUT2D eigenvalue weighted by molar-refractivity contribution is 6.35. The van der Waals surface area contributed by atoms with Gasteiger partial charge in [-0.2, -0.15) is 0 Å². The Morgan fingerprint density at radius 2 is 1.89 bits per heavy atom. The molecule has 2 aromatic carbocycles. The van der Waals surface area contributed by atoms with E-state index in [9.17, 15) is 4.79 Å². The van der Waals surface area contributed by atoms with Crippen molar-refractivity contribution in [1.29, 1.82) is 0 Å². The Morgan fingerprint density at radius 3 is 2.56 bits per heavy atom. The summed E-state index contributed by atoms with van der Waals surface area (Å²) >= 11 is 11.8. The largest absolute Gasteiger partial charge is 0.399 e. The van der Waals surface area contributed by atoms with E-state index >= 15 is 0 Å². The maximum atomic E-state index is 12.1. The number of benzene rings is 2. The smallest absolute Gasteiger partial charge is 0.167 e. The van der Waals surface area contributed by atoms with E-state index in [-0.39, 0.29) is 12.2 Å². The lowest BCUT2D eigenvalue weighted by molar-refractivity contribution is 0.0993. The predicted molar refractivity (Wildman–Crippen MR) is 75.4 cm³/mol. The highest BCUT2D eigenvalue weighted by Crippen LogP contribution is 2.22. The van der Waals surface area contributed by atoms with Gasteiger partial charge in [0, 0.05) is 27.7 Å². The number of nitrogen functional groups attached to an aromatic ring is 1. The summed E-state index contributed by atoms with van der Waals surface area (Å²) in [5.41, 5.74) is 7.56. The van der Waals surface area contributed by atoms with E-state index in [0.717, 1.165) is 5.56 Å². The van der Waals surface area contributed by atoms with Crippen LogP contribution in [0.4, 0.5) is 5.69 Å². The summed E-state index contributed by atoms with van der Waals surface area (Å²) in [6.45, 7) is 0. The fourth-order valence-corrected chi connectivity index (χ4v) is 2.13. The predicted octanol–water partition coefficient (Wildman–Crippen LogP) is 4.00. The van der Waals surface area contributed by atoms with Crippen molar-refractivity contribution in [2.75, 3.05) is 5.73 Å². The molecule has 0 spiro atoms. The number of nitrogens with two attached hydrogens (primary N) is 1. The van der Waals surface area contributed by atoms with Crippen molar-refractivity contribution >= 4 is 34.7 Å². The maximum absolute atomic E-state index is 12.1. The van der Waals surface area contributed by atoms with Gasteiger partial charge < -0.3 is 5.73 Å². The van der Waals surface area contributed by atoms with Crippen LogP contribution in [-0.4, -0.2) is 5.78 Å². The molecule has 0 aliphatic rings. The highest BCUT2D eigenvalue weighted by Gasteiger charge is 2.10. The van der Waals surface area contributed by atoms with Crippen LogP contribution in [0.3, 0.4) is 0 Å². The zero-order chi connectivity index (χ0) is 13.1. The van der Waals surface area contributed by atoms with Gasteiger partial charge >= 0.3 is 0 Å². The second kappa shape index (κ2) is 5.42. The summed E-state index contributed by atoms with van der Waals surface area (Å²) in [5.74, 6) is -0.0217. The van der Waals surface area contributed by atoms with Crippen molar-refractivity contribution in [2.45, 2.75) is 6.42 Å². The topological polar surface area (TPSA) is 43.1 Å². The first-order chi connectivity index (χ1) is 8.56. The average molecular weight is 280 g/mol. The van der Waals surface area contributed by atoms with Crippen LogP contribution in [0.25, 0.3) is 0 Å². The third-order valence-electron chi connectivity index (χ3n) is 2.57. The van der Waals surface area contributed by atoms with Gasteiger partial charge in [-0.3, -0.25) is 4.79 Å². The standard InChI is InChI=1S/C14H11Cl2NO/c15-11-5-4-9(13(16)8-11)7-14(18)10-2-1-3-12(17)6-10/h1-6,8H,7,17H2. The second-order valence-electron chi connectivity index (χ2n) is 3.96. The minimum atomic E-state index is -0.0217. The number of carbonyl (C=O) groups is 1. The highest BCUT2D eigenvalue weighted by atomic mass is 35.5. The molecule has 0 bridgehead atoms. The summed E-state index contributed by atoms with van der Waals surface area (Å²) in [4.78, 5) is 12.1. The molecule has 0 heterocycles. The lowest BCUT2D eigenvalue weighted by atomic mass is 10.0. The van der Waals surface area contributed by atoms with Crippen LogP contribution in [-0.2, 0) is 6.42 Å². The third-order valence-corrected chi connectivity index (χ3v) is 3.16. The van der Waals surface area contributed by atoms with Crippen molar-refractivity contribution in [3.05, 3.63) is 63.6 Å². The average Bonchev–Trinajstić information content (AvgIpc) is 2.32. The van der Waals surface area contributed by atoms with Gasteiger partial charge in [-0.15, -0.1) is 0 Å². The molecule has 2 N–H and O–H groups in total. The molecule has 2 aromatic rings. The zero-order valence-electron chi connectivity index (χ0n) is 9.49. The number of hydrogen-bond donors (Lipinski definition) is 1. The van der Waals surface area contributed by atoms with E-state index in [0.29, 0.717) is 21.3 Å². The third kappa shape index (κ3) is 3.03. The number of halogens is 2. The molecule has 4 heteroatoms. The van der Waals surface area contributed by atoms with Crippen LogP contribution in [0.2, 0.25) is 10.0 Å². The van der Waals surface area contributed by atoms with Crippen LogP contribution in [0.5, 0.6) is 0 Å². The quantitative estimate of drug-likeness (QED) is 0.682. The summed E-state index contributed by atoms with van der Waals surface area (Å²) in [7, 11) is 0. The van der Waals surface area contributed by atoms with Gasteiger partial charge in [0.05, 0.1) is 0 Å². The van der Waals surface area contributed by atoms with Crippen molar-refractivity contribution in [3.63, 3.8) is 0 Å². The Labute approximate surface area is 115 Å². The van der Waals surface area contributed by atoms with E-state index in [1.807, 2.05) is 0 Å². The Bertz CT molecular complexity index is 596. The minimum Gasteiger partial charge on any atom is -0.399 e. The zero-order valence-corrected chi connectivity index (χ0v) is 11.0. The molecular formula is C14H11Cl2NO. The molecule has 0 saturated heterocycles. The van der Waals surface area contributed by atoms with Crippen LogP contribution in [0.15, 0.2) is 42.5 Å². The Balaban J connectivity index is 2.21. The summed E-state index contributed by atoms with van der Waals surface area (Å²) in [6.07, 6.45) is 0.236. The molecule has 0 radical (unpaired) electrons. The minimum absolute atomic E-state index is 0.0217. The normalized spacial score (nSPS) is 10.3. The van der Waals surface area contributed by atoms with Gasteiger partial charge in [-0.05, 0) is 29.8 Å². The molecule has 2 rings (SSSR count). The molecule has 0 fully saturated rings. The first-order valence-corrected chi connectivity index (χ1v) is 6.14. The van der Waals surface area contributed by atoms with Crippen molar-refractivity contribution in [3.8, 4) is 0 Å². The van der Waals surface area contributed by atoms with Gasteiger partial charge in [0.2, 0.25) is 0 Å². The fourth-order valence-electron chi connectivity index (χ4n) is 1.65. The number of Topliss-reactive ketones (excluding diaryl/α,β-unsaturated/α-hetero) is 1. The molecular weight excluding hydrogens is 269 g/mol. The Morgan fingerprint density at radius 1 is 1.11 bits per heavy atom. The molecule has 0 unspecified atom stereocenters. The molecule has 0 saturated carbocycles. The lowest BCUT2D eigenvalue weighted by Gasteiger charge is -2.05. The molecule has 0 aliphatic heterocycles. The molecule has 0 amide bonds. The number of rotatable bonds is 3. The summed E-state index contributed by atoms with van der Waals surface area (Å²) in [5, 5.41) is 1.06. The molecule has 0 aliphatic carbocycles. The fraction of sp³-hybridized carbons (Fsp3) is 0.0714. The first-order valence-electron chi connectivity index (χ1n) is 5.39. The van der Waals surface area contributed by atoms with Gasteiger partial charge in [-0.25, -0.2) is 0 Å². The lowest BCUT2D eigenvalue weighted by Crippen LogP contribution is -2.04. The monoisotopic (exact) mass is 279 g/mol. The van der Waals surface area contributed by atoms with E-state index in [4.69, 9.17) is 28.9 Å². The molecule has 18 heavy (non-hydrogen) atoms. The van der Waals surface area contributed by atoms with Crippen LogP contribution in [0, 0.1) is 0 Å². The van der Waals surface area contributed by atoms with E-state index in [2.05, 4.69) is 0 Å². The summed E-state index contributed by atoms with van der Waals surface area (Å²) < 4.78 is 0. The van der Waals surface area contributed by atoms with Crippen LogP contribution < -0.4 is 5.73 Å².